The fraction of sp³-hybridized carbons (Fsp3) is 0.474. The van der Waals surface area contributed by atoms with Gasteiger partial charge in [0.25, 0.3) is 0 Å². The predicted octanol–water partition coefficient (Wildman–Crippen LogP) is 2.80. The van der Waals surface area contributed by atoms with Gasteiger partial charge in [-0.15, -0.1) is 0 Å². The van der Waals surface area contributed by atoms with Crippen LogP contribution in [0.4, 0.5) is 0 Å². The van der Waals surface area contributed by atoms with Crippen molar-refractivity contribution in [3.63, 3.8) is 0 Å². The number of benzene rings is 1. The third kappa shape index (κ3) is 4.52. The Labute approximate surface area is 154 Å². The van der Waals surface area contributed by atoms with Crippen molar-refractivity contribution in [3.8, 4) is 5.69 Å². The Kier molecular flexibility index (Phi) is 5.76. The fourth-order valence-electron chi connectivity index (χ4n) is 3.39. The van der Waals surface area contributed by atoms with Crippen molar-refractivity contribution in [3.05, 3.63) is 48.5 Å². The summed E-state index contributed by atoms with van der Waals surface area (Å²) in [6.45, 7) is 1.90. The van der Waals surface area contributed by atoms with Gasteiger partial charge in [0.15, 0.2) is 9.84 Å². The molecular weight excluding hydrogens is 350 g/mol. The molecule has 2 aromatic rings. The molecule has 140 valence electrons. The Morgan fingerprint density at radius 2 is 1.96 bits per heavy atom. The molecule has 1 heterocycles. The summed E-state index contributed by atoms with van der Waals surface area (Å²) < 4.78 is 26.4. The number of hydrogen-bond acceptors (Lipinski definition) is 4. The molecule has 1 aliphatic rings. The van der Waals surface area contributed by atoms with Crippen molar-refractivity contribution < 1.29 is 13.2 Å². The van der Waals surface area contributed by atoms with Crippen LogP contribution in [0.1, 0.15) is 50.6 Å². The molecule has 1 atom stereocenters. The molecule has 1 saturated carbocycles. The van der Waals surface area contributed by atoms with Gasteiger partial charge in [-0.05, 0) is 37.5 Å². The summed E-state index contributed by atoms with van der Waals surface area (Å²) in [5.41, 5.74) is 1.97. The highest BCUT2D eigenvalue weighted by Crippen LogP contribution is 2.25. The zero-order chi connectivity index (χ0) is 18.6. The molecule has 1 aromatic carbocycles. The lowest BCUT2D eigenvalue weighted by molar-refractivity contribution is -0.121. The molecule has 0 aliphatic heterocycles. The topological polar surface area (TPSA) is 81.1 Å². The van der Waals surface area contributed by atoms with Crippen molar-refractivity contribution in [2.75, 3.05) is 5.75 Å². The molecule has 7 heteroatoms. The molecule has 1 fully saturated rings. The van der Waals surface area contributed by atoms with E-state index >= 15 is 0 Å². The summed E-state index contributed by atoms with van der Waals surface area (Å²) in [6.07, 6.45) is 8.76. The van der Waals surface area contributed by atoms with Crippen molar-refractivity contribution in [1.29, 1.82) is 0 Å². The average molecular weight is 375 g/mol. The average Bonchev–Trinajstić information content (AvgIpc) is 3.34. The molecule has 0 saturated heterocycles. The second-order valence-electron chi connectivity index (χ2n) is 6.87. The van der Waals surface area contributed by atoms with Crippen molar-refractivity contribution in [1.82, 2.24) is 14.9 Å². The maximum absolute atomic E-state index is 12.3. The summed E-state index contributed by atoms with van der Waals surface area (Å²) in [7, 11) is -3.16. The van der Waals surface area contributed by atoms with Crippen molar-refractivity contribution >= 4 is 15.7 Å². The number of nitrogens with one attached hydrogen (secondary N) is 1. The van der Waals surface area contributed by atoms with Gasteiger partial charge >= 0.3 is 0 Å². The van der Waals surface area contributed by atoms with E-state index < -0.39 is 9.84 Å². The molecule has 0 spiro atoms. The predicted molar refractivity (Wildman–Crippen MR) is 101 cm³/mol. The summed E-state index contributed by atoms with van der Waals surface area (Å²) in [6, 6.07) is 7.66. The van der Waals surface area contributed by atoms with Crippen LogP contribution in [0.15, 0.2) is 43.0 Å². The first kappa shape index (κ1) is 18.6. The number of rotatable bonds is 7. The Morgan fingerprint density at radius 1 is 1.27 bits per heavy atom. The first-order valence-electron chi connectivity index (χ1n) is 9.05. The first-order chi connectivity index (χ1) is 12.5. The molecule has 1 aliphatic carbocycles. The molecule has 0 bridgehead atoms. The minimum absolute atomic E-state index is 0.0241. The molecular formula is C19H25N3O3S. The Balaban J connectivity index is 1.52. The van der Waals surface area contributed by atoms with Crippen LogP contribution in [0.25, 0.3) is 5.69 Å². The number of imidazole rings is 1. The molecule has 6 nitrogen and oxygen atoms in total. The maximum atomic E-state index is 12.3. The van der Waals surface area contributed by atoms with Crippen LogP contribution in [-0.2, 0) is 14.6 Å². The zero-order valence-electron chi connectivity index (χ0n) is 15.0. The summed E-state index contributed by atoms with van der Waals surface area (Å²) >= 11 is 0. The molecule has 1 aromatic heterocycles. The van der Waals surface area contributed by atoms with Gasteiger partial charge < -0.3 is 9.88 Å². The second-order valence-corrected chi connectivity index (χ2v) is 9.27. The van der Waals surface area contributed by atoms with E-state index in [2.05, 4.69) is 10.3 Å². The highest BCUT2D eigenvalue weighted by molar-refractivity contribution is 7.92. The third-order valence-corrected chi connectivity index (χ3v) is 7.26. The van der Waals surface area contributed by atoms with Gasteiger partial charge in [0, 0.05) is 24.5 Å². The monoisotopic (exact) mass is 375 g/mol. The number of carbonyl (C=O) groups excluding carboxylic acids is 1. The minimum Gasteiger partial charge on any atom is -0.350 e. The SMILES string of the molecule is C[C@H](NC(=O)CCS(=O)(=O)C1CCCC1)c1ccc(-n2ccnc2)cc1. The lowest BCUT2D eigenvalue weighted by Gasteiger charge is -2.16. The number of hydrogen-bond donors (Lipinski definition) is 1. The van der Waals surface area contributed by atoms with Gasteiger partial charge in [0.05, 0.1) is 23.4 Å². The molecule has 1 amide bonds. The second kappa shape index (κ2) is 8.03. The van der Waals surface area contributed by atoms with Crippen LogP contribution in [0, 0.1) is 0 Å². The van der Waals surface area contributed by atoms with Crippen LogP contribution in [-0.4, -0.2) is 34.9 Å². The number of aromatic nitrogens is 2. The fourth-order valence-corrected chi connectivity index (χ4v) is 5.25. The maximum Gasteiger partial charge on any atom is 0.221 e. The molecule has 3 rings (SSSR count). The summed E-state index contributed by atoms with van der Waals surface area (Å²) in [5, 5.41) is 2.64. The Morgan fingerprint density at radius 3 is 2.58 bits per heavy atom. The van der Waals surface area contributed by atoms with E-state index in [-0.39, 0.29) is 29.4 Å². The lowest BCUT2D eigenvalue weighted by Crippen LogP contribution is -2.30. The molecule has 1 N–H and O–H groups in total. The van der Waals surface area contributed by atoms with Crippen LogP contribution in [0.2, 0.25) is 0 Å². The van der Waals surface area contributed by atoms with E-state index in [0.717, 1.165) is 36.9 Å². The molecule has 0 radical (unpaired) electrons. The first-order valence-corrected chi connectivity index (χ1v) is 10.8. The van der Waals surface area contributed by atoms with Crippen LogP contribution in [0.3, 0.4) is 0 Å². The van der Waals surface area contributed by atoms with Gasteiger partial charge in [-0.25, -0.2) is 13.4 Å². The van der Waals surface area contributed by atoms with E-state index in [4.69, 9.17) is 0 Å². The van der Waals surface area contributed by atoms with E-state index in [0.29, 0.717) is 0 Å². The van der Waals surface area contributed by atoms with E-state index in [1.165, 1.54) is 0 Å². The normalized spacial score (nSPS) is 16.5. The molecule has 0 unspecified atom stereocenters. The largest absolute Gasteiger partial charge is 0.350 e. The zero-order valence-corrected chi connectivity index (χ0v) is 15.8. The highest BCUT2D eigenvalue weighted by Gasteiger charge is 2.29. The molecule has 26 heavy (non-hydrogen) atoms. The number of nitrogens with zero attached hydrogens (tertiary/aromatic N) is 2. The van der Waals surface area contributed by atoms with Crippen LogP contribution < -0.4 is 5.32 Å². The minimum atomic E-state index is -3.16. The summed E-state index contributed by atoms with van der Waals surface area (Å²) in [5.74, 6) is -0.284. The van der Waals surface area contributed by atoms with Gasteiger partial charge in [-0.1, -0.05) is 25.0 Å². The van der Waals surface area contributed by atoms with Crippen LogP contribution in [0.5, 0.6) is 0 Å². The number of carbonyl (C=O) groups is 1. The Bertz CT molecular complexity index is 823. The van der Waals surface area contributed by atoms with E-state index in [1.807, 2.05) is 42.0 Å². The van der Waals surface area contributed by atoms with Crippen molar-refractivity contribution in [2.45, 2.75) is 50.3 Å². The van der Waals surface area contributed by atoms with Gasteiger partial charge in [0.2, 0.25) is 5.91 Å². The van der Waals surface area contributed by atoms with E-state index in [9.17, 15) is 13.2 Å². The van der Waals surface area contributed by atoms with Gasteiger partial charge in [-0.3, -0.25) is 4.79 Å². The number of sulfone groups is 1. The van der Waals surface area contributed by atoms with Gasteiger partial charge in [0.1, 0.15) is 0 Å². The number of amides is 1. The quantitative estimate of drug-likeness (QED) is 0.807. The lowest BCUT2D eigenvalue weighted by atomic mass is 10.1. The summed E-state index contributed by atoms with van der Waals surface area (Å²) in [4.78, 5) is 16.2. The van der Waals surface area contributed by atoms with Gasteiger partial charge in [-0.2, -0.15) is 0 Å². The third-order valence-electron chi connectivity index (χ3n) is 5.00. The highest BCUT2D eigenvalue weighted by atomic mass is 32.2. The smallest absolute Gasteiger partial charge is 0.221 e. The standard InChI is InChI=1S/C19H25N3O3S/c1-15(16-6-8-17(9-7-16)22-12-11-20-14-22)21-19(23)10-13-26(24,25)18-4-2-3-5-18/h6-9,11-12,14-15,18H,2-5,10,13H2,1H3,(H,21,23)/t15-/m0/s1. The Hall–Kier alpha value is -2.15. The van der Waals surface area contributed by atoms with Crippen molar-refractivity contribution in [2.24, 2.45) is 0 Å². The van der Waals surface area contributed by atoms with Crippen LogP contribution >= 0.6 is 0 Å². The van der Waals surface area contributed by atoms with E-state index in [1.54, 1.807) is 12.5 Å².